The molecule has 1 saturated heterocycles. The summed E-state index contributed by atoms with van der Waals surface area (Å²) >= 11 is 1.71. The van der Waals surface area contributed by atoms with Crippen LogP contribution in [0.3, 0.4) is 0 Å². The molecule has 11 heteroatoms. The number of aliphatic imine (C=N–C) groups is 1. The Labute approximate surface area is 183 Å². The maximum atomic E-state index is 12.7. The highest BCUT2D eigenvalue weighted by Gasteiger charge is 2.31. The van der Waals surface area contributed by atoms with Crippen molar-refractivity contribution in [3.05, 3.63) is 17.7 Å². The maximum Gasteiger partial charge on any atom is 0.387 e. The molecular weight excluding hydrogens is 507 g/mol. The number of thioether (sulfide) groups is 1. The highest BCUT2D eigenvalue weighted by molar-refractivity contribution is 14.0. The molecule has 1 fully saturated rings. The number of benzene rings is 1. The van der Waals surface area contributed by atoms with Crippen LogP contribution in [0.4, 0.5) is 8.78 Å². The van der Waals surface area contributed by atoms with Crippen LogP contribution in [-0.4, -0.2) is 54.7 Å². The first kappa shape index (κ1) is 23.1. The molecule has 28 heavy (non-hydrogen) atoms. The smallest absolute Gasteiger partial charge is 0.387 e. The van der Waals surface area contributed by atoms with E-state index in [1.807, 2.05) is 6.92 Å². The van der Waals surface area contributed by atoms with Gasteiger partial charge in [-0.1, -0.05) is 0 Å². The summed E-state index contributed by atoms with van der Waals surface area (Å²) in [5, 5.41) is 16.6. The summed E-state index contributed by atoms with van der Waals surface area (Å²) in [4.78, 5) is 4.42. The second-order valence-corrected chi connectivity index (χ2v) is 7.37. The van der Waals surface area contributed by atoms with E-state index in [1.165, 1.54) is 6.07 Å². The molecule has 0 amide bonds. The molecule has 0 aromatic heterocycles. The molecule has 0 aliphatic carbocycles. The van der Waals surface area contributed by atoms with Gasteiger partial charge in [-0.3, -0.25) is 0 Å². The maximum absolute atomic E-state index is 12.7. The lowest BCUT2D eigenvalue weighted by Gasteiger charge is -2.23. The predicted molar refractivity (Wildman–Crippen MR) is 114 cm³/mol. The topological polar surface area (TPSA) is 84.3 Å². The summed E-state index contributed by atoms with van der Waals surface area (Å²) in [6.07, 6.45) is 0.721. The Hall–Kier alpha value is -1.21. The predicted octanol–water partition coefficient (Wildman–Crippen LogP) is 2.56. The molecular formula is C17H24F2IN3O4S. The highest BCUT2D eigenvalue weighted by atomic mass is 127. The Kier molecular flexibility index (Phi) is 8.68. The van der Waals surface area contributed by atoms with E-state index < -0.39 is 12.2 Å². The molecule has 2 heterocycles. The van der Waals surface area contributed by atoms with Crippen molar-refractivity contribution in [2.45, 2.75) is 32.1 Å². The minimum Gasteiger partial charge on any atom is -0.454 e. The average Bonchev–Trinajstić information content (AvgIpc) is 3.25. The number of halogens is 3. The Bertz CT molecular complexity index is 691. The molecule has 1 aromatic carbocycles. The van der Waals surface area contributed by atoms with Crippen molar-refractivity contribution in [2.75, 3.05) is 31.4 Å². The Balaban J connectivity index is 0.00000280. The van der Waals surface area contributed by atoms with Gasteiger partial charge in [-0.2, -0.15) is 20.5 Å². The minimum atomic E-state index is -2.95. The van der Waals surface area contributed by atoms with Crippen molar-refractivity contribution >= 4 is 41.7 Å². The van der Waals surface area contributed by atoms with Crippen molar-refractivity contribution in [3.8, 4) is 17.2 Å². The lowest BCUT2D eigenvalue weighted by Crippen LogP contribution is -2.47. The second-order valence-electron chi connectivity index (χ2n) is 6.27. The minimum absolute atomic E-state index is 0. The van der Waals surface area contributed by atoms with Crippen molar-refractivity contribution in [1.82, 2.24) is 10.6 Å². The van der Waals surface area contributed by atoms with Crippen LogP contribution >= 0.6 is 35.7 Å². The molecule has 3 rings (SSSR count). The van der Waals surface area contributed by atoms with Gasteiger partial charge in [0, 0.05) is 30.5 Å². The van der Waals surface area contributed by atoms with Crippen LogP contribution in [0.2, 0.25) is 0 Å². The zero-order chi connectivity index (χ0) is 19.3. The SMILES string of the molecule is CCNC(=NCc1cc2c(cc1OC(F)F)OCO2)NCC1(O)CCSC1.I. The van der Waals surface area contributed by atoms with Gasteiger partial charge < -0.3 is 30.0 Å². The van der Waals surface area contributed by atoms with Crippen LogP contribution in [0.1, 0.15) is 18.9 Å². The molecule has 7 nitrogen and oxygen atoms in total. The number of rotatable bonds is 7. The Morgan fingerprint density at radius 3 is 2.75 bits per heavy atom. The number of alkyl halides is 2. The fourth-order valence-corrected chi connectivity index (χ4v) is 4.08. The highest BCUT2D eigenvalue weighted by Crippen LogP contribution is 2.39. The van der Waals surface area contributed by atoms with Crippen LogP contribution in [0.15, 0.2) is 17.1 Å². The Morgan fingerprint density at radius 2 is 2.11 bits per heavy atom. The first-order valence-electron chi connectivity index (χ1n) is 8.69. The van der Waals surface area contributed by atoms with Gasteiger partial charge in [-0.15, -0.1) is 24.0 Å². The molecule has 3 N–H and O–H groups in total. The van der Waals surface area contributed by atoms with E-state index in [9.17, 15) is 13.9 Å². The van der Waals surface area contributed by atoms with E-state index in [1.54, 1.807) is 17.8 Å². The van der Waals surface area contributed by atoms with E-state index >= 15 is 0 Å². The Morgan fingerprint density at radius 1 is 1.36 bits per heavy atom. The van der Waals surface area contributed by atoms with Crippen LogP contribution in [0, 0.1) is 0 Å². The average molecular weight is 531 g/mol. The number of nitrogens with zero attached hydrogens (tertiary/aromatic N) is 1. The van der Waals surface area contributed by atoms with Gasteiger partial charge in [0.25, 0.3) is 0 Å². The normalized spacial score (nSPS) is 20.8. The molecule has 0 saturated carbocycles. The first-order chi connectivity index (χ1) is 13.0. The number of guanidine groups is 1. The summed E-state index contributed by atoms with van der Waals surface area (Å²) in [5.41, 5.74) is -0.310. The fraction of sp³-hybridized carbons (Fsp3) is 0.588. The van der Waals surface area contributed by atoms with E-state index in [-0.39, 0.29) is 43.1 Å². The molecule has 2 aliphatic heterocycles. The monoisotopic (exact) mass is 531 g/mol. The van der Waals surface area contributed by atoms with E-state index in [0.29, 0.717) is 41.9 Å². The van der Waals surface area contributed by atoms with Crippen LogP contribution < -0.4 is 24.8 Å². The number of hydrogen-bond donors (Lipinski definition) is 3. The zero-order valence-corrected chi connectivity index (χ0v) is 18.5. The summed E-state index contributed by atoms with van der Waals surface area (Å²) in [6, 6.07) is 2.98. The van der Waals surface area contributed by atoms with Crippen molar-refractivity contribution in [1.29, 1.82) is 0 Å². The van der Waals surface area contributed by atoms with Gasteiger partial charge >= 0.3 is 6.61 Å². The lowest BCUT2D eigenvalue weighted by molar-refractivity contribution is -0.0505. The summed E-state index contributed by atoms with van der Waals surface area (Å²) in [6.45, 7) is 0.101. The summed E-state index contributed by atoms with van der Waals surface area (Å²) in [5.74, 6) is 2.93. The van der Waals surface area contributed by atoms with Gasteiger partial charge in [0.1, 0.15) is 5.75 Å². The van der Waals surface area contributed by atoms with Gasteiger partial charge in [0.2, 0.25) is 6.79 Å². The van der Waals surface area contributed by atoms with Gasteiger partial charge in [0.15, 0.2) is 17.5 Å². The quantitative estimate of drug-likeness (QED) is 0.284. The largest absolute Gasteiger partial charge is 0.454 e. The van der Waals surface area contributed by atoms with Crippen molar-refractivity contribution in [3.63, 3.8) is 0 Å². The third kappa shape index (κ3) is 6.14. The second kappa shape index (κ2) is 10.5. The number of nitrogens with one attached hydrogen (secondary N) is 2. The summed E-state index contributed by atoms with van der Waals surface area (Å²) in [7, 11) is 0. The lowest BCUT2D eigenvalue weighted by atomic mass is 10.0. The summed E-state index contributed by atoms with van der Waals surface area (Å²) < 4.78 is 40.6. The first-order valence-corrected chi connectivity index (χ1v) is 9.84. The van der Waals surface area contributed by atoms with Crippen molar-refractivity contribution in [2.24, 2.45) is 4.99 Å². The van der Waals surface area contributed by atoms with Crippen LogP contribution in [0.5, 0.6) is 17.2 Å². The van der Waals surface area contributed by atoms with Gasteiger partial charge in [-0.25, -0.2) is 4.99 Å². The number of fused-ring (bicyclic) bond motifs is 1. The third-order valence-corrected chi connectivity index (χ3v) is 5.43. The standard InChI is InChI=1S/C17H23F2N3O4S.HI/c1-2-20-16(22-8-17(23)3-4-27-9-17)21-7-11-5-13-14(25-10-24-13)6-12(11)26-15(18)19;/h5-6,15,23H,2-4,7-10H2,1H3,(H2,20,21,22);1H. The molecule has 1 aromatic rings. The third-order valence-electron chi connectivity index (χ3n) is 4.19. The molecule has 2 aliphatic rings. The van der Waals surface area contributed by atoms with E-state index in [0.717, 1.165) is 12.2 Å². The molecule has 1 unspecified atom stereocenters. The number of ether oxygens (including phenoxy) is 3. The van der Waals surface area contributed by atoms with Gasteiger partial charge in [0.05, 0.1) is 12.1 Å². The van der Waals surface area contributed by atoms with E-state index in [4.69, 9.17) is 9.47 Å². The van der Waals surface area contributed by atoms with Crippen molar-refractivity contribution < 1.29 is 28.1 Å². The molecule has 0 bridgehead atoms. The number of hydrogen-bond acceptors (Lipinski definition) is 6. The van der Waals surface area contributed by atoms with Crippen LogP contribution in [0.25, 0.3) is 0 Å². The fourth-order valence-electron chi connectivity index (χ4n) is 2.78. The molecule has 0 spiro atoms. The molecule has 158 valence electrons. The molecule has 0 radical (unpaired) electrons. The molecule has 1 atom stereocenters. The number of aliphatic hydroxyl groups is 1. The van der Waals surface area contributed by atoms with E-state index in [2.05, 4.69) is 20.4 Å². The van der Waals surface area contributed by atoms with Crippen LogP contribution in [-0.2, 0) is 6.54 Å². The zero-order valence-electron chi connectivity index (χ0n) is 15.4. The van der Waals surface area contributed by atoms with Gasteiger partial charge in [-0.05, 0) is 25.2 Å².